The molecule has 0 atom stereocenters. The quantitative estimate of drug-likeness (QED) is 0.438. The summed E-state index contributed by atoms with van der Waals surface area (Å²) < 4.78 is 19.2. The second-order valence-corrected chi connectivity index (χ2v) is 7.58. The Hall–Kier alpha value is -4.27. The molecule has 5 aromatic rings. The number of carbonyl (C=O) groups excluding carboxylic acids is 1. The van der Waals surface area contributed by atoms with Crippen molar-refractivity contribution in [3.63, 3.8) is 0 Å². The molecule has 3 aromatic heterocycles. The Kier molecular flexibility index (Phi) is 4.40. The lowest BCUT2D eigenvalue weighted by atomic mass is 10.1. The maximum Gasteiger partial charge on any atom is 0.332 e. The standard InChI is InChI=1S/C23H18FN5O3/c1-14(30)12-28-21(31)19-20(26(2)23(28)32)25-22-27(19)13-18(15-6-4-3-5-7-15)29(22)17-10-8-16(24)9-11-17/h3-11,13H,12H2,1-2H3. The third-order valence-electron chi connectivity index (χ3n) is 5.38. The van der Waals surface area contributed by atoms with Gasteiger partial charge in [-0.1, -0.05) is 30.3 Å². The van der Waals surface area contributed by atoms with Gasteiger partial charge in [0.2, 0.25) is 5.78 Å². The van der Waals surface area contributed by atoms with Gasteiger partial charge in [0.25, 0.3) is 5.56 Å². The van der Waals surface area contributed by atoms with E-state index in [2.05, 4.69) is 4.98 Å². The normalized spacial score (nSPS) is 11.5. The highest BCUT2D eigenvalue weighted by atomic mass is 19.1. The summed E-state index contributed by atoms with van der Waals surface area (Å²) in [5.74, 6) is -0.294. The Morgan fingerprint density at radius 2 is 1.72 bits per heavy atom. The zero-order chi connectivity index (χ0) is 22.6. The van der Waals surface area contributed by atoms with Crippen LogP contribution in [0.2, 0.25) is 0 Å². The van der Waals surface area contributed by atoms with Crippen LogP contribution < -0.4 is 11.2 Å². The van der Waals surface area contributed by atoms with E-state index in [1.165, 1.54) is 30.7 Å². The lowest BCUT2D eigenvalue weighted by molar-refractivity contribution is -0.117. The highest BCUT2D eigenvalue weighted by Gasteiger charge is 2.22. The van der Waals surface area contributed by atoms with Crippen LogP contribution in [0, 0.1) is 5.82 Å². The highest BCUT2D eigenvalue weighted by Crippen LogP contribution is 2.28. The van der Waals surface area contributed by atoms with E-state index in [0.717, 1.165) is 15.8 Å². The molecular weight excluding hydrogens is 413 g/mol. The van der Waals surface area contributed by atoms with E-state index >= 15 is 0 Å². The molecule has 0 amide bonds. The summed E-state index contributed by atoms with van der Waals surface area (Å²) in [6, 6.07) is 15.4. The van der Waals surface area contributed by atoms with Crippen molar-refractivity contribution in [1.29, 1.82) is 0 Å². The molecule has 0 N–H and O–H groups in total. The molecule has 5 rings (SSSR count). The van der Waals surface area contributed by atoms with Crippen molar-refractivity contribution in [2.45, 2.75) is 13.5 Å². The van der Waals surface area contributed by atoms with Crippen LogP contribution in [0.4, 0.5) is 4.39 Å². The Morgan fingerprint density at radius 3 is 2.38 bits per heavy atom. The summed E-state index contributed by atoms with van der Waals surface area (Å²) in [7, 11) is 1.51. The molecule has 0 bridgehead atoms. The molecule has 8 nitrogen and oxygen atoms in total. The molecule has 0 radical (unpaired) electrons. The van der Waals surface area contributed by atoms with E-state index in [0.29, 0.717) is 11.5 Å². The maximum absolute atomic E-state index is 13.6. The van der Waals surface area contributed by atoms with Gasteiger partial charge in [-0.2, -0.15) is 4.98 Å². The average Bonchev–Trinajstić information content (AvgIpc) is 3.33. The van der Waals surface area contributed by atoms with Crippen molar-refractivity contribution in [3.05, 3.63) is 87.4 Å². The van der Waals surface area contributed by atoms with Crippen LogP contribution in [0.3, 0.4) is 0 Å². The number of ketones is 1. The third-order valence-corrected chi connectivity index (χ3v) is 5.38. The van der Waals surface area contributed by atoms with Gasteiger partial charge < -0.3 is 0 Å². The van der Waals surface area contributed by atoms with Gasteiger partial charge in [-0.05, 0) is 31.2 Å². The largest absolute Gasteiger partial charge is 0.332 e. The maximum atomic E-state index is 13.6. The predicted octanol–water partition coefficient (Wildman–Crippen LogP) is 2.53. The average molecular weight is 431 g/mol. The van der Waals surface area contributed by atoms with Crippen LogP contribution in [-0.4, -0.2) is 28.9 Å². The van der Waals surface area contributed by atoms with Crippen LogP contribution in [-0.2, 0) is 18.4 Å². The van der Waals surface area contributed by atoms with Crippen LogP contribution in [0.1, 0.15) is 6.92 Å². The van der Waals surface area contributed by atoms with Gasteiger partial charge in [0, 0.05) is 24.5 Å². The molecule has 3 heterocycles. The third kappa shape index (κ3) is 2.89. The highest BCUT2D eigenvalue weighted by molar-refractivity contribution is 5.80. The van der Waals surface area contributed by atoms with Crippen molar-refractivity contribution < 1.29 is 9.18 Å². The van der Waals surface area contributed by atoms with E-state index in [-0.39, 0.29) is 29.3 Å². The number of rotatable bonds is 4. The van der Waals surface area contributed by atoms with Gasteiger partial charge >= 0.3 is 5.69 Å². The number of benzene rings is 2. The number of nitrogens with zero attached hydrogens (tertiary/aromatic N) is 5. The number of hydrogen-bond donors (Lipinski definition) is 0. The first-order chi connectivity index (χ1) is 15.4. The van der Waals surface area contributed by atoms with Crippen molar-refractivity contribution in [3.8, 4) is 16.9 Å². The van der Waals surface area contributed by atoms with Crippen molar-refractivity contribution >= 4 is 22.7 Å². The van der Waals surface area contributed by atoms with E-state index in [9.17, 15) is 18.8 Å². The van der Waals surface area contributed by atoms with Gasteiger partial charge in [0.1, 0.15) is 11.6 Å². The Morgan fingerprint density at radius 1 is 1.03 bits per heavy atom. The minimum absolute atomic E-state index is 0.182. The number of Topliss-reactive ketones (excluding diaryl/α,β-unsaturated/α-hetero) is 1. The van der Waals surface area contributed by atoms with Gasteiger partial charge in [0.05, 0.1) is 12.2 Å². The molecule has 0 aliphatic heterocycles. The summed E-state index contributed by atoms with van der Waals surface area (Å²) in [4.78, 5) is 42.2. The molecule has 9 heteroatoms. The number of aromatic nitrogens is 5. The lowest BCUT2D eigenvalue weighted by Crippen LogP contribution is -2.40. The first-order valence-electron chi connectivity index (χ1n) is 9.91. The van der Waals surface area contributed by atoms with Crippen molar-refractivity contribution in [1.82, 2.24) is 23.1 Å². The van der Waals surface area contributed by atoms with E-state index in [4.69, 9.17) is 0 Å². The summed E-state index contributed by atoms with van der Waals surface area (Å²) in [5, 5.41) is 0. The van der Waals surface area contributed by atoms with E-state index in [1.54, 1.807) is 27.3 Å². The van der Waals surface area contributed by atoms with Crippen LogP contribution in [0.25, 0.3) is 33.9 Å². The minimum Gasteiger partial charge on any atom is -0.298 e. The Bertz CT molecular complexity index is 1620. The molecule has 0 spiro atoms. The number of halogens is 1. The second-order valence-electron chi connectivity index (χ2n) is 7.58. The predicted molar refractivity (Wildman–Crippen MR) is 118 cm³/mol. The molecule has 0 saturated heterocycles. The zero-order valence-electron chi connectivity index (χ0n) is 17.3. The minimum atomic E-state index is -0.616. The summed E-state index contributed by atoms with van der Waals surface area (Å²) in [6.07, 6.45) is 1.76. The second kappa shape index (κ2) is 7.16. The molecule has 32 heavy (non-hydrogen) atoms. The summed E-state index contributed by atoms with van der Waals surface area (Å²) >= 11 is 0. The summed E-state index contributed by atoms with van der Waals surface area (Å²) in [5.41, 5.74) is 1.41. The van der Waals surface area contributed by atoms with Crippen molar-refractivity contribution in [2.24, 2.45) is 7.05 Å². The van der Waals surface area contributed by atoms with Gasteiger partial charge in [0.15, 0.2) is 11.2 Å². The molecular formula is C23H18FN5O3. The number of hydrogen-bond acceptors (Lipinski definition) is 4. The van der Waals surface area contributed by atoms with Crippen LogP contribution in [0.15, 0.2) is 70.4 Å². The SMILES string of the molecule is CC(=O)Cn1c(=O)c2c(nc3n(-c4ccc(F)cc4)c(-c4ccccc4)cn23)n(C)c1=O. The monoisotopic (exact) mass is 431 g/mol. The Balaban J connectivity index is 1.93. The fourth-order valence-electron chi connectivity index (χ4n) is 3.92. The van der Waals surface area contributed by atoms with Crippen LogP contribution in [0.5, 0.6) is 0 Å². The molecule has 0 unspecified atom stereocenters. The molecule has 0 fully saturated rings. The number of aryl methyl sites for hydroxylation is 1. The molecule has 0 aliphatic rings. The fourth-order valence-corrected chi connectivity index (χ4v) is 3.92. The molecule has 2 aromatic carbocycles. The number of carbonyl (C=O) groups is 1. The van der Waals surface area contributed by atoms with E-state index in [1.807, 2.05) is 30.3 Å². The zero-order valence-corrected chi connectivity index (χ0v) is 17.3. The van der Waals surface area contributed by atoms with Gasteiger partial charge in [-0.25, -0.2) is 9.18 Å². The molecule has 0 saturated carbocycles. The van der Waals surface area contributed by atoms with Gasteiger partial charge in [-0.3, -0.25) is 27.7 Å². The first kappa shape index (κ1) is 19.7. The topological polar surface area (TPSA) is 83.3 Å². The number of fused-ring (bicyclic) bond motifs is 3. The van der Waals surface area contributed by atoms with E-state index < -0.39 is 11.2 Å². The fraction of sp³-hybridized carbons (Fsp3) is 0.130. The first-order valence-corrected chi connectivity index (χ1v) is 9.91. The molecule has 160 valence electrons. The van der Waals surface area contributed by atoms with Crippen molar-refractivity contribution in [2.75, 3.05) is 0 Å². The van der Waals surface area contributed by atoms with Gasteiger partial charge in [-0.15, -0.1) is 0 Å². The smallest absolute Gasteiger partial charge is 0.298 e. The van der Waals surface area contributed by atoms with Crippen LogP contribution >= 0.6 is 0 Å². The lowest BCUT2D eigenvalue weighted by Gasteiger charge is -2.09. The molecule has 0 aliphatic carbocycles. The number of imidazole rings is 2. The Labute approximate surface area is 180 Å². The summed E-state index contributed by atoms with van der Waals surface area (Å²) in [6.45, 7) is 0.999.